The molecule has 2 rings (SSSR count). The van der Waals surface area contributed by atoms with Crippen LogP contribution >= 0.6 is 11.8 Å². The fourth-order valence-electron chi connectivity index (χ4n) is 2.04. The summed E-state index contributed by atoms with van der Waals surface area (Å²) in [5.41, 5.74) is 0.784. The van der Waals surface area contributed by atoms with Crippen molar-refractivity contribution in [2.24, 2.45) is 0 Å². The van der Waals surface area contributed by atoms with E-state index in [1.165, 1.54) is 11.8 Å². The molecule has 0 heterocycles. The third-order valence-corrected chi connectivity index (χ3v) is 4.29. The van der Waals surface area contributed by atoms with E-state index < -0.39 is 0 Å². The van der Waals surface area contributed by atoms with Gasteiger partial charge in [-0.2, -0.15) is 0 Å². The van der Waals surface area contributed by atoms with Crippen molar-refractivity contribution in [3.8, 4) is 0 Å². The van der Waals surface area contributed by atoms with Gasteiger partial charge in [-0.1, -0.05) is 36.4 Å². The van der Waals surface area contributed by atoms with Crippen LogP contribution in [0.5, 0.6) is 0 Å². The first-order valence-corrected chi connectivity index (χ1v) is 8.22. The molecule has 0 aromatic heterocycles. The predicted octanol–water partition coefficient (Wildman–Crippen LogP) is 3.46. The van der Waals surface area contributed by atoms with E-state index in [0.29, 0.717) is 6.61 Å². The number of fused-ring (bicyclic) bond motifs is 1. The molecule has 1 N–H and O–H groups in total. The first-order valence-electron chi connectivity index (χ1n) is 7.17. The average molecular weight is 317 g/mol. The molecule has 2 aromatic carbocycles. The minimum absolute atomic E-state index is 0.120. The zero-order chi connectivity index (χ0) is 15.9. The lowest BCUT2D eigenvalue weighted by molar-refractivity contribution is -0.139. The van der Waals surface area contributed by atoms with Gasteiger partial charge in [0.05, 0.1) is 17.6 Å². The molecule has 0 bridgehead atoms. The second-order valence-corrected chi connectivity index (χ2v) is 6.10. The summed E-state index contributed by atoms with van der Waals surface area (Å²) in [6.45, 7) is 3.90. The second kappa shape index (κ2) is 7.84. The molecule has 116 valence electrons. The number of carbonyl (C=O) groups is 2. The Hall–Kier alpha value is -2.01. The maximum atomic E-state index is 12.2. The lowest BCUT2D eigenvalue weighted by Gasteiger charge is -2.13. The van der Waals surface area contributed by atoms with Crippen molar-refractivity contribution in [2.45, 2.75) is 19.1 Å². The first-order chi connectivity index (χ1) is 10.6. The van der Waals surface area contributed by atoms with Gasteiger partial charge in [0.2, 0.25) is 5.91 Å². The molecule has 0 radical (unpaired) electrons. The zero-order valence-corrected chi connectivity index (χ0v) is 13.5. The van der Waals surface area contributed by atoms with Crippen LogP contribution in [0.25, 0.3) is 10.8 Å². The van der Waals surface area contributed by atoms with Gasteiger partial charge in [-0.25, -0.2) is 0 Å². The number of ether oxygens (including phenoxy) is 1. The molecule has 1 amide bonds. The van der Waals surface area contributed by atoms with Gasteiger partial charge < -0.3 is 10.1 Å². The van der Waals surface area contributed by atoms with Crippen LogP contribution in [0.15, 0.2) is 42.5 Å². The fourth-order valence-corrected chi connectivity index (χ4v) is 2.72. The van der Waals surface area contributed by atoms with Crippen LogP contribution < -0.4 is 5.32 Å². The van der Waals surface area contributed by atoms with Gasteiger partial charge in [0.25, 0.3) is 0 Å². The number of rotatable bonds is 6. The first kappa shape index (κ1) is 16.4. The molecule has 0 spiro atoms. The lowest BCUT2D eigenvalue weighted by Crippen LogP contribution is -2.24. The van der Waals surface area contributed by atoms with Crippen LogP contribution in [0.2, 0.25) is 0 Å². The molecule has 0 aliphatic heterocycles. The van der Waals surface area contributed by atoms with Crippen LogP contribution in [-0.2, 0) is 14.3 Å². The van der Waals surface area contributed by atoms with Gasteiger partial charge >= 0.3 is 5.97 Å². The van der Waals surface area contributed by atoms with Crippen molar-refractivity contribution in [3.05, 3.63) is 42.5 Å². The number of anilines is 1. The summed E-state index contributed by atoms with van der Waals surface area (Å²) in [5.74, 6) is -0.235. The molecular formula is C17H19NO3S. The molecule has 0 fully saturated rings. The van der Waals surface area contributed by atoms with Crippen molar-refractivity contribution < 1.29 is 14.3 Å². The van der Waals surface area contributed by atoms with E-state index in [4.69, 9.17) is 4.74 Å². The normalized spacial score (nSPS) is 11.9. The topological polar surface area (TPSA) is 55.4 Å². The summed E-state index contributed by atoms with van der Waals surface area (Å²) >= 11 is 1.27. The summed E-state index contributed by atoms with van der Waals surface area (Å²) in [6, 6.07) is 13.7. The number of hydrogen-bond acceptors (Lipinski definition) is 4. The van der Waals surface area contributed by atoms with Crippen LogP contribution in [-0.4, -0.2) is 29.5 Å². The Morgan fingerprint density at radius 3 is 2.68 bits per heavy atom. The van der Waals surface area contributed by atoms with Gasteiger partial charge in [-0.3, -0.25) is 9.59 Å². The van der Waals surface area contributed by atoms with E-state index in [1.807, 2.05) is 42.5 Å². The monoisotopic (exact) mass is 317 g/mol. The largest absolute Gasteiger partial charge is 0.465 e. The Labute approximate surface area is 134 Å². The molecule has 4 nitrogen and oxygen atoms in total. The molecule has 0 saturated heterocycles. The maximum absolute atomic E-state index is 12.2. The van der Waals surface area contributed by atoms with Crippen molar-refractivity contribution in [2.75, 3.05) is 17.7 Å². The fraction of sp³-hybridized carbons (Fsp3) is 0.294. The smallest absolute Gasteiger partial charge is 0.315 e. The second-order valence-electron chi connectivity index (χ2n) is 4.77. The maximum Gasteiger partial charge on any atom is 0.315 e. The highest BCUT2D eigenvalue weighted by molar-refractivity contribution is 8.01. The highest BCUT2D eigenvalue weighted by Gasteiger charge is 2.16. The molecule has 1 unspecified atom stereocenters. The minimum atomic E-state index is -0.330. The standard InChI is InChI=1S/C17H19NO3S/c1-3-21-16(19)11-22-12(2)17(20)18-15-10-6-8-13-7-4-5-9-14(13)15/h4-10,12H,3,11H2,1-2H3,(H,18,20). The Balaban J connectivity index is 2.00. The van der Waals surface area contributed by atoms with Crippen LogP contribution in [0.3, 0.4) is 0 Å². The zero-order valence-electron chi connectivity index (χ0n) is 12.7. The molecular weight excluding hydrogens is 298 g/mol. The summed E-state index contributed by atoms with van der Waals surface area (Å²) in [5, 5.41) is 4.68. The SMILES string of the molecule is CCOC(=O)CSC(C)C(=O)Nc1cccc2ccccc12. The molecule has 5 heteroatoms. The van der Waals surface area contributed by atoms with Gasteiger partial charge in [0.15, 0.2) is 0 Å². The molecule has 1 atom stereocenters. The van der Waals surface area contributed by atoms with Crippen LogP contribution in [0.1, 0.15) is 13.8 Å². The Kier molecular flexibility index (Phi) is 5.83. The quantitative estimate of drug-likeness (QED) is 0.829. The third-order valence-electron chi connectivity index (χ3n) is 3.17. The van der Waals surface area contributed by atoms with E-state index in [2.05, 4.69) is 5.32 Å². The van der Waals surface area contributed by atoms with E-state index in [0.717, 1.165) is 16.5 Å². The summed E-state index contributed by atoms with van der Waals surface area (Å²) < 4.78 is 4.86. The number of nitrogens with one attached hydrogen (secondary N) is 1. The van der Waals surface area contributed by atoms with E-state index in [9.17, 15) is 9.59 Å². The Morgan fingerprint density at radius 1 is 1.18 bits per heavy atom. The number of thioether (sulfide) groups is 1. The van der Waals surface area contributed by atoms with Crippen molar-refractivity contribution in [1.29, 1.82) is 0 Å². The van der Waals surface area contributed by atoms with E-state index in [-0.39, 0.29) is 22.9 Å². The molecule has 0 aliphatic rings. The minimum Gasteiger partial charge on any atom is -0.465 e. The van der Waals surface area contributed by atoms with Crippen molar-refractivity contribution in [3.63, 3.8) is 0 Å². The van der Waals surface area contributed by atoms with Gasteiger partial charge in [-0.05, 0) is 25.3 Å². The predicted molar refractivity (Wildman–Crippen MR) is 91.1 cm³/mol. The van der Waals surface area contributed by atoms with E-state index in [1.54, 1.807) is 13.8 Å². The number of carbonyl (C=O) groups excluding carboxylic acids is 2. The van der Waals surface area contributed by atoms with Crippen molar-refractivity contribution >= 4 is 40.1 Å². The molecule has 0 aliphatic carbocycles. The number of hydrogen-bond donors (Lipinski definition) is 1. The van der Waals surface area contributed by atoms with Crippen LogP contribution in [0.4, 0.5) is 5.69 Å². The third kappa shape index (κ3) is 4.24. The number of esters is 1. The average Bonchev–Trinajstić information content (AvgIpc) is 2.53. The molecule has 22 heavy (non-hydrogen) atoms. The summed E-state index contributed by atoms with van der Waals surface area (Å²) in [7, 11) is 0. The number of amides is 1. The highest BCUT2D eigenvalue weighted by atomic mass is 32.2. The summed E-state index contributed by atoms with van der Waals surface area (Å²) in [4.78, 5) is 23.6. The van der Waals surface area contributed by atoms with Crippen LogP contribution in [0, 0.1) is 0 Å². The lowest BCUT2D eigenvalue weighted by atomic mass is 10.1. The van der Waals surface area contributed by atoms with Gasteiger partial charge in [0, 0.05) is 11.1 Å². The van der Waals surface area contributed by atoms with E-state index >= 15 is 0 Å². The number of benzene rings is 2. The van der Waals surface area contributed by atoms with Crippen molar-refractivity contribution in [1.82, 2.24) is 0 Å². The summed E-state index contributed by atoms with van der Waals surface area (Å²) in [6.07, 6.45) is 0. The van der Waals surface area contributed by atoms with Gasteiger partial charge in [0.1, 0.15) is 0 Å². The molecule has 0 saturated carbocycles. The highest BCUT2D eigenvalue weighted by Crippen LogP contribution is 2.24. The molecule has 2 aromatic rings. The van der Waals surface area contributed by atoms with Gasteiger partial charge in [-0.15, -0.1) is 11.8 Å². The Bertz CT molecular complexity index is 667. The Morgan fingerprint density at radius 2 is 1.91 bits per heavy atom.